The van der Waals surface area contributed by atoms with Crippen LogP contribution in [0.2, 0.25) is 0 Å². The second kappa shape index (κ2) is 8.57. The topological polar surface area (TPSA) is 102 Å². The first-order valence-electron chi connectivity index (χ1n) is 9.17. The lowest BCUT2D eigenvalue weighted by Gasteiger charge is -2.22. The molecule has 2 heterocycles. The smallest absolute Gasteiger partial charge is 0.301 e. The number of hydrogen-bond donors (Lipinski definition) is 1. The fourth-order valence-electron chi connectivity index (χ4n) is 2.78. The highest BCUT2D eigenvalue weighted by Gasteiger charge is 2.17. The van der Waals surface area contributed by atoms with Gasteiger partial charge < -0.3 is 9.57 Å². The quantitative estimate of drug-likeness (QED) is 0.475. The molecule has 0 saturated carbocycles. The Balaban J connectivity index is 1.64. The fourth-order valence-corrected chi connectivity index (χ4v) is 2.78. The first kappa shape index (κ1) is 20.0. The van der Waals surface area contributed by atoms with E-state index < -0.39 is 5.91 Å². The predicted octanol–water partition coefficient (Wildman–Crippen LogP) is 3.09. The zero-order valence-electron chi connectivity index (χ0n) is 16.6. The van der Waals surface area contributed by atoms with Crippen molar-refractivity contribution in [1.82, 2.24) is 25.6 Å². The number of fused-ring (bicyclic) bond motifs is 1. The molecule has 0 unspecified atom stereocenters. The number of hydrazine groups is 1. The van der Waals surface area contributed by atoms with Gasteiger partial charge in [-0.05, 0) is 36.4 Å². The van der Waals surface area contributed by atoms with E-state index in [1.807, 2.05) is 0 Å². The number of methoxy groups -OCH3 is 1. The summed E-state index contributed by atoms with van der Waals surface area (Å²) in [5.74, 6) is 0.312. The summed E-state index contributed by atoms with van der Waals surface area (Å²) in [6.45, 7) is 1.33. The molecule has 2 aromatic carbocycles. The molecule has 0 atom stereocenters. The average molecular weight is 420 g/mol. The van der Waals surface area contributed by atoms with Crippen LogP contribution in [0.25, 0.3) is 22.2 Å². The summed E-state index contributed by atoms with van der Waals surface area (Å²) >= 11 is 0. The summed E-state index contributed by atoms with van der Waals surface area (Å²) in [6, 6.07) is 12.8. The number of anilines is 1. The van der Waals surface area contributed by atoms with Crippen molar-refractivity contribution in [2.45, 2.75) is 6.92 Å². The van der Waals surface area contributed by atoms with Crippen LogP contribution in [0.3, 0.4) is 0 Å². The predicted molar refractivity (Wildman–Crippen MR) is 110 cm³/mol. The van der Waals surface area contributed by atoms with Crippen LogP contribution in [0.4, 0.5) is 10.3 Å². The molecule has 9 nitrogen and oxygen atoms in total. The van der Waals surface area contributed by atoms with Crippen LogP contribution in [0.1, 0.15) is 6.92 Å². The highest BCUT2D eigenvalue weighted by molar-refractivity contribution is 5.86. The molecule has 31 heavy (non-hydrogen) atoms. The molecule has 0 spiro atoms. The number of amides is 1. The van der Waals surface area contributed by atoms with Gasteiger partial charge in [-0.15, -0.1) is 10.2 Å². The minimum absolute atomic E-state index is 0.000430. The van der Waals surface area contributed by atoms with E-state index in [1.165, 1.54) is 25.3 Å². The Morgan fingerprint density at radius 3 is 2.55 bits per heavy atom. The second-order valence-corrected chi connectivity index (χ2v) is 6.40. The third kappa shape index (κ3) is 4.47. The molecule has 0 bridgehead atoms. The SMILES string of the molecule is COc1ccc2c(ON(NC(C)=O)c3ncc(-c4ccc(F)cc4)nn3)ccnc2c1. The molecule has 0 fully saturated rings. The largest absolute Gasteiger partial charge is 0.497 e. The Morgan fingerprint density at radius 2 is 1.87 bits per heavy atom. The van der Waals surface area contributed by atoms with E-state index in [4.69, 9.17) is 9.57 Å². The number of rotatable bonds is 6. The van der Waals surface area contributed by atoms with Gasteiger partial charge in [0, 0.05) is 36.2 Å². The van der Waals surface area contributed by atoms with E-state index in [2.05, 4.69) is 25.6 Å². The molecular formula is C21H17FN6O3. The van der Waals surface area contributed by atoms with E-state index >= 15 is 0 Å². The van der Waals surface area contributed by atoms with Crippen molar-refractivity contribution in [1.29, 1.82) is 0 Å². The maximum absolute atomic E-state index is 13.1. The van der Waals surface area contributed by atoms with Gasteiger partial charge in [-0.25, -0.2) is 14.8 Å². The zero-order chi connectivity index (χ0) is 21.8. The Bertz CT molecular complexity index is 1220. The number of nitrogens with zero attached hydrogens (tertiary/aromatic N) is 5. The number of ether oxygens (including phenoxy) is 1. The molecule has 0 aliphatic heterocycles. The maximum Gasteiger partial charge on any atom is 0.301 e. The molecule has 4 rings (SSSR count). The van der Waals surface area contributed by atoms with Crippen LogP contribution >= 0.6 is 0 Å². The monoisotopic (exact) mass is 420 g/mol. The lowest BCUT2D eigenvalue weighted by atomic mass is 10.2. The maximum atomic E-state index is 13.1. The minimum Gasteiger partial charge on any atom is -0.497 e. The lowest BCUT2D eigenvalue weighted by molar-refractivity contribution is -0.120. The van der Waals surface area contributed by atoms with Gasteiger partial charge in [-0.1, -0.05) is 5.17 Å². The summed E-state index contributed by atoms with van der Waals surface area (Å²) in [7, 11) is 1.57. The summed E-state index contributed by atoms with van der Waals surface area (Å²) in [5.41, 5.74) is 4.24. The second-order valence-electron chi connectivity index (χ2n) is 6.40. The van der Waals surface area contributed by atoms with Gasteiger partial charge in [0.15, 0.2) is 5.75 Å². The number of benzene rings is 2. The van der Waals surface area contributed by atoms with Crippen molar-refractivity contribution in [2.24, 2.45) is 0 Å². The van der Waals surface area contributed by atoms with Crippen molar-refractivity contribution in [3.05, 3.63) is 66.7 Å². The molecule has 0 saturated heterocycles. The van der Waals surface area contributed by atoms with E-state index in [-0.39, 0.29) is 11.8 Å². The molecule has 1 N–H and O–H groups in total. The van der Waals surface area contributed by atoms with E-state index in [9.17, 15) is 9.18 Å². The normalized spacial score (nSPS) is 10.5. The summed E-state index contributed by atoms with van der Waals surface area (Å²) in [6.07, 6.45) is 3.02. The average Bonchev–Trinajstić information content (AvgIpc) is 2.79. The van der Waals surface area contributed by atoms with Crippen molar-refractivity contribution >= 4 is 22.8 Å². The van der Waals surface area contributed by atoms with Gasteiger partial charge in [-0.2, -0.15) is 0 Å². The van der Waals surface area contributed by atoms with Crippen molar-refractivity contribution in [3.8, 4) is 22.8 Å². The molecule has 0 radical (unpaired) electrons. The first-order chi connectivity index (χ1) is 15.0. The molecule has 0 aliphatic rings. The van der Waals surface area contributed by atoms with Gasteiger partial charge in [0.1, 0.15) is 17.3 Å². The molecular weight excluding hydrogens is 403 g/mol. The Hall–Kier alpha value is -4.34. The Kier molecular flexibility index (Phi) is 5.52. The van der Waals surface area contributed by atoms with Crippen LogP contribution in [0, 0.1) is 5.82 Å². The molecule has 156 valence electrons. The zero-order valence-corrected chi connectivity index (χ0v) is 16.6. The first-order valence-corrected chi connectivity index (χ1v) is 9.17. The number of hydrogen-bond acceptors (Lipinski definition) is 8. The van der Waals surface area contributed by atoms with Crippen molar-refractivity contribution in [2.75, 3.05) is 12.3 Å². The van der Waals surface area contributed by atoms with Crippen molar-refractivity contribution < 1.29 is 18.8 Å². The number of carbonyl (C=O) groups is 1. The molecule has 4 aromatic rings. The highest BCUT2D eigenvalue weighted by Crippen LogP contribution is 2.28. The van der Waals surface area contributed by atoms with Crippen LogP contribution in [-0.2, 0) is 4.79 Å². The van der Waals surface area contributed by atoms with Gasteiger partial charge in [0.2, 0.25) is 5.91 Å². The minimum atomic E-state index is -0.397. The van der Waals surface area contributed by atoms with E-state index in [0.29, 0.717) is 33.7 Å². The standard InChI is InChI=1S/C21H17FN6O3/c1-13(29)27-28(21-24-12-19(25-26-21)14-3-5-15(22)6-4-14)31-20-9-10-23-18-11-16(30-2)7-8-17(18)20/h3-12H,1-2H3,(H,27,29). The number of pyridine rings is 1. The summed E-state index contributed by atoms with van der Waals surface area (Å²) in [5, 5.41) is 9.83. The molecule has 0 aliphatic carbocycles. The fraction of sp³-hybridized carbons (Fsp3) is 0.0952. The molecule has 10 heteroatoms. The van der Waals surface area contributed by atoms with Crippen LogP contribution in [-0.4, -0.2) is 33.2 Å². The number of carbonyl (C=O) groups excluding carboxylic acids is 1. The third-order valence-electron chi connectivity index (χ3n) is 4.23. The van der Waals surface area contributed by atoms with Crippen molar-refractivity contribution in [3.63, 3.8) is 0 Å². The molecule has 2 aromatic heterocycles. The Morgan fingerprint density at radius 1 is 1.06 bits per heavy atom. The summed E-state index contributed by atoms with van der Waals surface area (Å²) in [4.78, 5) is 26.1. The Labute approximate surface area is 176 Å². The van der Waals surface area contributed by atoms with Gasteiger partial charge >= 0.3 is 5.95 Å². The number of nitrogens with one attached hydrogen (secondary N) is 1. The van der Waals surface area contributed by atoms with E-state index in [0.717, 1.165) is 5.17 Å². The highest BCUT2D eigenvalue weighted by atomic mass is 19.1. The van der Waals surface area contributed by atoms with Crippen LogP contribution in [0.5, 0.6) is 11.5 Å². The van der Waals surface area contributed by atoms with Gasteiger partial charge in [-0.3, -0.25) is 9.78 Å². The van der Waals surface area contributed by atoms with E-state index in [1.54, 1.807) is 49.7 Å². The number of halogens is 1. The van der Waals surface area contributed by atoms with Crippen LogP contribution in [0.15, 0.2) is 60.9 Å². The van der Waals surface area contributed by atoms with Gasteiger partial charge in [0.25, 0.3) is 0 Å². The lowest BCUT2D eigenvalue weighted by Crippen LogP contribution is -2.45. The summed E-state index contributed by atoms with van der Waals surface area (Å²) < 4.78 is 18.3. The molecule has 1 amide bonds. The third-order valence-corrected chi connectivity index (χ3v) is 4.23. The van der Waals surface area contributed by atoms with Crippen LogP contribution < -0.4 is 20.2 Å². The van der Waals surface area contributed by atoms with Gasteiger partial charge in [0.05, 0.1) is 18.8 Å². The number of aromatic nitrogens is 4.